The number of piperidine rings is 1. The largest absolute Gasteiger partial charge is 0.392 e. The van der Waals surface area contributed by atoms with Gasteiger partial charge in [-0.1, -0.05) is 19.3 Å². The van der Waals surface area contributed by atoms with E-state index in [4.69, 9.17) is 4.74 Å². The molecular weight excluding hydrogens is 292 g/mol. The van der Waals surface area contributed by atoms with E-state index >= 15 is 0 Å². The highest BCUT2D eigenvalue weighted by molar-refractivity contribution is 5.85. The minimum Gasteiger partial charge on any atom is -0.392 e. The van der Waals surface area contributed by atoms with Gasteiger partial charge in [0.2, 0.25) is 5.91 Å². The molecule has 1 saturated heterocycles. The summed E-state index contributed by atoms with van der Waals surface area (Å²) in [5, 5.41) is 19.9. The van der Waals surface area contributed by atoms with Crippen molar-refractivity contribution in [1.29, 1.82) is 5.26 Å². The smallest absolute Gasteiger partial charge is 0.243 e. The number of likely N-dealkylation sites (tertiary alicyclic amines) is 1. The van der Waals surface area contributed by atoms with E-state index in [1.54, 1.807) is 0 Å². The number of rotatable bonds is 3. The Balaban J connectivity index is 1.64. The average Bonchev–Trinajstić information content (AvgIpc) is 2.61. The second-order valence-corrected chi connectivity index (χ2v) is 7.48. The molecule has 2 saturated carbocycles. The molecule has 1 heterocycles. The van der Waals surface area contributed by atoms with Crippen molar-refractivity contribution in [2.75, 3.05) is 19.7 Å². The van der Waals surface area contributed by atoms with Crippen molar-refractivity contribution in [3.63, 3.8) is 0 Å². The van der Waals surface area contributed by atoms with Gasteiger partial charge in [0.05, 0.1) is 18.3 Å². The number of carbonyl (C=O) groups is 1. The normalized spacial score (nSPS) is 32.1. The Bertz CT molecular complexity index is 483. The van der Waals surface area contributed by atoms with Crippen LogP contribution in [0.1, 0.15) is 58.3 Å². The van der Waals surface area contributed by atoms with E-state index in [0.717, 1.165) is 32.1 Å². The second-order valence-electron chi connectivity index (χ2n) is 7.48. The van der Waals surface area contributed by atoms with Gasteiger partial charge in [0.1, 0.15) is 5.41 Å². The second kappa shape index (κ2) is 6.41. The molecule has 1 amide bonds. The Morgan fingerprint density at radius 2 is 1.91 bits per heavy atom. The highest BCUT2D eigenvalue weighted by Gasteiger charge is 2.57. The fraction of sp³-hybridized carbons (Fsp3) is 0.889. The Labute approximate surface area is 138 Å². The zero-order valence-corrected chi connectivity index (χ0v) is 14.1. The predicted molar refractivity (Wildman–Crippen MR) is 85.4 cm³/mol. The third-order valence-electron chi connectivity index (χ3n) is 6.42. The van der Waals surface area contributed by atoms with Crippen LogP contribution in [0.4, 0.5) is 0 Å². The molecule has 0 radical (unpaired) electrons. The van der Waals surface area contributed by atoms with Gasteiger partial charge in [-0.25, -0.2) is 0 Å². The summed E-state index contributed by atoms with van der Waals surface area (Å²) in [4.78, 5) is 14.8. The first kappa shape index (κ1) is 16.7. The van der Waals surface area contributed by atoms with Gasteiger partial charge < -0.3 is 14.7 Å². The fourth-order valence-electron chi connectivity index (χ4n) is 4.77. The maximum absolute atomic E-state index is 12.9. The fourth-order valence-corrected chi connectivity index (χ4v) is 4.77. The van der Waals surface area contributed by atoms with Crippen LogP contribution in [-0.2, 0) is 9.53 Å². The van der Waals surface area contributed by atoms with Crippen LogP contribution in [0.5, 0.6) is 0 Å². The Morgan fingerprint density at radius 3 is 2.43 bits per heavy atom. The Morgan fingerprint density at radius 1 is 1.26 bits per heavy atom. The molecule has 1 aliphatic heterocycles. The standard InChI is InChI=1S/C18H28N2O3/c1-2-23-15-12-14(21)18(15)8-10-20(11-9-18)16(22)17(13-19)6-4-3-5-7-17/h14-15,21H,2-12H2,1H3/t14-,15+/m1/s1. The molecule has 1 N–H and O–H groups in total. The van der Waals surface area contributed by atoms with Gasteiger partial charge >= 0.3 is 0 Å². The van der Waals surface area contributed by atoms with Crippen LogP contribution in [0.3, 0.4) is 0 Å². The van der Waals surface area contributed by atoms with E-state index in [1.807, 2.05) is 11.8 Å². The number of nitrogens with zero attached hydrogens (tertiary/aromatic N) is 2. The monoisotopic (exact) mass is 320 g/mol. The quantitative estimate of drug-likeness (QED) is 0.865. The zero-order chi connectivity index (χ0) is 16.5. The molecule has 0 unspecified atom stereocenters. The number of amides is 1. The van der Waals surface area contributed by atoms with E-state index in [1.165, 1.54) is 0 Å². The maximum atomic E-state index is 12.9. The SMILES string of the molecule is CCO[C@H]1C[C@@H](O)C12CCN(C(=O)C1(C#N)CCCCC1)CC2. The Hall–Kier alpha value is -1.12. The molecule has 23 heavy (non-hydrogen) atoms. The molecule has 3 aliphatic rings. The summed E-state index contributed by atoms with van der Waals surface area (Å²) in [6, 6.07) is 2.34. The lowest BCUT2D eigenvalue weighted by Crippen LogP contribution is -2.63. The van der Waals surface area contributed by atoms with Gasteiger partial charge in [-0.2, -0.15) is 5.26 Å². The lowest BCUT2D eigenvalue weighted by molar-refractivity contribution is -0.211. The summed E-state index contributed by atoms with van der Waals surface area (Å²) in [6.07, 6.45) is 6.58. The van der Waals surface area contributed by atoms with Crippen LogP contribution in [0.15, 0.2) is 0 Å². The van der Waals surface area contributed by atoms with Crippen LogP contribution in [0.25, 0.3) is 0 Å². The van der Waals surface area contributed by atoms with Crippen LogP contribution < -0.4 is 0 Å². The molecule has 2 atom stereocenters. The first-order chi connectivity index (χ1) is 11.1. The number of hydrogen-bond donors (Lipinski definition) is 1. The van der Waals surface area contributed by atoms with Crippen LogP contribution in [0, 0.1) is 22.2 Å². The highest BCUT2D eigenvalue weighted by Crippen LogP contribution is 2.51. The molecule has 5 nitrogen and oxygen atoms in total. The summed E-state index contributed by atoms with van der Waals surface area (Å²) in [5.41, 5.74) is -0.959. The van der Waals surface area contributed by atoms with Gasteiger partial charge in [-0.05, 0) is 32.6 Å². The maximum Gasteiger partial charge on any atom is 0.243 e. The number of hydrogen-bond acceptors (Lipinski definition) is 4. The average molecular weight is 320 g/mol. The third kappa shape index (κ3) is 2.66. The van der Waals surface area contributed by atoms with Crippen molar-refractivity contribution in [3.8, 4) is 6.07 Å². The number of aliphatic hydroxyl groups excluding tert-OH is 1. The van der Waals surface area contributed by atoms with Gasteiger partial charge in [-0.15, -0.1) is 0 Å². The number of nitriles is 1. The summed E-state index contributed by atoms with van der Waals surface area (Å²) >= 11 is 0. The first-order valence-corrected chi connectivity index (χ1v) is 9.08. The van der Waals surface area contributed by atoms with Gasteiger partial charge in [0, 0.05) is 31.5 Å². The van der Waals surface area contributed by atoms with Crippen molar-refractivity contribution in [1.82, 2.24) is 4.90 Å². The van der Waals surface area contributed by atoms with E-state index in [0.29, 0.717) is 39.0 Å². The predicted octanol–water partition coefficient (Wildman–Crippen LogP) is 2.24. The van der Waals surface area contributed by atoms with Crippen molar-refractivity contribution in [3.05, 3.63) is 0 Å². The van der Waals surface area contributed by atoms with Gasteiger partial charge in [-0.3, -0.25) is 4.79 Å². The molecular formula is C18H28N2O3. The number of carbonyl (C=O) groups excluding carboxylic acids is 1. The zero-order valence-electron chi connectivity index (χ0n) is 14.1. The molecule has 5 heteroatoms. The van der Waals surface area contributed by atoms with Crippen LogP contribution >= 0.6 is 0 Å². The molecule has 2 aliphatic carbocycles. The van der Waals surface area contributed by atoms with Gasteiger partial charge in [0.15, 0.2) is 0 Å². The summed E-state index contributed by atoms with van der Waals surface area (Å²) in [5.74, 6) is 0.0244. The third-order valence-corrected chi connectivity index (χ3v) is 6.42. The van der Waals surface area contributed by atoms with Crippen molar-refractivity contribution in [2.45, 2.75) is 70.5 Å². The van der Waals surface area contributed by atoms with Crippen LogP contribution in [0.2, 0.25) is 0 Å². The van der Waals surface area contributed by atoms with Crippen LogP contribution in [-0.4, -0.2) is 47.8 Å². The van der Waals surface area contributed by atoms with E-state index < -0.39 is 5.41 Å². The lowest BCUT2D eigenvalue weighted by atomic mass is 9.58. The van der Waals surface area contributed by atoms with Gasteiger partial charge in [0.25, 0.3) is 0 Å². The molecule has 0 aromatic rings. The minimum absolute atomic E-state index is 0.0244. The van der Waals surface area contributed by atoms with E-state index in [-0.39, 0.29) is 23.5 Å². The van der Waals surface area contributed by atoms with E-state index in [9.17, 15) is 15.2 Å². The highest BCUT2D eigenvalue weighted by atomic mass is 16.5. The summed E-state index contributed by atoms with van der Waals surface area (Å²) < 4.78 is 5.78. The first-order valence-electron chi connectivity index (χ1n) is 9.08. The number of aliphatic hydroxyl groups is 1. The minimum atomic E-state index is -0.791. The molecule has 3 fully saturated rings. The molecule has 128 valence electrons. The number of ether oxygens (including phenoxy) is 1. The molecule has 0 aromatic heterocycles. The lowest BCUT2D eigenvalue weighted by Gasteiger charge is -2.57. The van der Waals surface area contributed by atoms with E-state index in [2.05, 4.69) is 6.07 Å². The molecule has 0 bridgehead atoms. The van der Waals surface area contributed by atoms with Crippen molar-refractivity contribution in [2.24, 2.45) is 10.8 Å². The molecule has 3 rings (SSSR count). The molecule has 0 aromatic carbocycles. The topological polar surface area (TPSA) is 73.6 Å². The van der Waals surface area contributed by atoms with Crippen molar-refractivity contribution < 1.29 is 14.6 Å². The summed E-state index contributed by atoms with van der Waals surface area (Å²) in [6.45, 7) is 3.93. The van der Waals surface area contributed by atoms with Crippen molar-refractivity contribution >= 4 is 5.91 Å². The Kier molecular flexibility index (Phi) is 4.66. The molecule has 1 spiro atoms. The summed E-state index contributed by atoms with van der Waals surface area (Å²) in [7, 11) is 0.